The van der Waals surface area contributed by atoms with Crippen LogP contribution in [0.1, 0.15) is 44.4 Å². The molecule has 1 aliphatic heterocycles. The zero-order valence-electron chi connectivity index (χ0n) is 15.8. The van der Waals surface area contributed by atoms with Crippen molar-refractivity contribution in [3.05, 3.63) is 47.9 Å². The number of nitrogens with zero attached hydrogens (tertiary/aromatic N) is 1. The summed E-state index contributed by atoms with van der Waals surface area (Å²) in [7, 11) is -3.67. The molecule has 146 valence electrons. The second-order valence-corrected chi connectivity index (χ2v) is 9.26. The Labute approximate surface area is 160 Å². The minimum Gasteiger partial charge on any atom is -0.468 e. The monoisotopic (exact) mass is 390 g/mol. The van der Waals surface area contributed by atoms with Crippen LogP contribution in [0.5, 0.6) is 0 Å². The number of sulfonamides is 1. The molecule has 1 aromatic carbocycles. The van der Waals surface area contributed by atoms with Crippen molar-refractivity contribution < 1.29 is 17.6 Å². The van der Waals surface area contributed by atoms with Gasteiger partial charge in [0, 0.05) is 18.7 Å². The highest BCUT2D eigenvalue weighted by molar-refractivity contribution is 7.89. The maximum atomic E-state index is 13.3. The molecular formula is C20H26N2O4S. The highest BCUT2D eigenvalue weighted by Crippen LogP contribution is 2.27. The van der Waals surface area contributed by atoms with Gasteiger partial charge in [-0.2, -0.15) is 4.31 Å². The van der Waals surface area contributed by atoms with Crippen molar-refractivity contribution in [1.82, 2.24) is 4.31 Å². The van der Waals surface area contributed by atoms with Crippen LogP contribution in [0.15, 0.2) is 45.9 Å². The molecule has 1 aromatic heterocycles. The normalized spacial score (nSPS) is 14.9. The molecule has 7 heteroatoms. The summed E-state index contributed by atoms with van der Waals surface area (Å²) in [6, 6.07) is 8.50. The second-order valence-electron chi connectivity index (χ2n) is 7.32. The summed E-state index contributed by atoms with van der Waals surface area (Å²) in [5.74, 6) is 0.978. The molecule has 0 unspecified atom stereocenters. The third kappa shape index (κ3) is 4.78. The van der Waals surface area contributed by atoms with Gasteiger partial charge in [0.2, 0.25) is 15.9 Å². The molecule has 0 atom stereocenters. The molecule has 1 N–H and O–H groups in total. The lowest BCUT2D eigenvalue weighted by Gasteiger charge is -2.23. The predicted octanol–water partition coefficient (Wildman–Crippen LogP) is 3.79. The summed E-state index contributed by atoms with van der Waals surface area (Å²) >= 11 is 0. The van der Waals surface area contributed by atoms with E-state index >= 15 is 0 Å². The fraction of sp³-hybridized carbons (Fsp3) is 0.450. The van der Waals surface area contributed by atoms with Crippen LogP contribution in [-0.4, -0.2) is 25.2 Å². The van der Waals surface area contributed by atoms with Crippen LogP contribution in [0, 0.1) is 5.92 Å². The molecule has 1 amide bonds. The number of nitrogens with one attached hydrogen (secondary N) is 1. The number of amides is 1. The minimum absolute atomic E-state index is 0.0271. The van der Waals surface area contributed by atoms with Gasteiger partial charge in [-0.15, -0.1) is 0 Å². The van der Waals surface area contributed by atoms with Gasteiger partial charge < -0.3 is 9.73 Å². The average molecular weight is 391 g/mol. The number of hydrogen-bond donors (Lipinski definition) is 1. The lowest BCUT2D eigenvalue weighted by Crippen LogP contribution is -2.32. The van der Waals surface area contributed by atoms with E-state index < -0.39 is 10.0 Å². The molecule has 0 saturated carbocycles. The Bertz CT molecular complexity index is 889. The summed E-state index contributed by atoms with van der Waals surface area (Å²) in [6.45, 7) is 4.77. The molecule has 0 bridgehead atoms. The molecule has 0 aliphatic carbocycles. The Morgan fingerprint density at radius 3 is 2.74 bits per heavy atom. The number of benzene rings is 1. The molecule has 0 radical (unpaired) electrons. The van der Waals surface area contributed by atoms with E-state index in [9.17, 15) is 13.2 Å². The third-order valence-corrected chi connectivity index (χ3v) is 6.55. The van der Waals surface area contributed by atoms with Gasteiger partial charge in [-0.05, 0) is 61.1 Å². The number of carbonyl (C=O) groups is 1. The number of furan rings is 1. The van der Waals surface area contributed by atoms with Crippen LogP contribution in [0.3, 0.4) is 0 Å². The Morgan fingerprint density at radius 2 is 2.04 bits per heavy atom. The van der Waals surface area contributed by atoms with Crippen molar-refractivity contribution in [2.45, 2.75) is 51.0 Å². The molecule has 0 saturated heterocycles. The van der Waals surface area contributed by atoms with E-state index in [1.807, 2.05) is 0 Å². The van der Waals surface area contributed by atoms with Gasteiger partial charge in [0.05, 0.1) is 17.7 Å². The van der Waals surface area contributed by atoms with Crippen molar-refractivity contribution in [3.63, 3.8) is 0 Å². The van der Waals surface area contributed by atoms with Crippen LogP contribution in [0.25, 0.3) is 0 Å². The van der Waals surface area contributed by atoms with Crippen LogP contribution >= 0.6 is 0 Å². The van der Waals surface area contributed by atoms with Crippen LogP contribution < -0.4 is 5.32 Å². The number of fused-ring (bicyclic) bond motifs is 1. The predicted molar refractivity (Wildman–Crippen MR) is 104 cm³/mol. The largest absolute Gasteiger partial charge is 0.468 e. The molecule has 2 heterocycles. The Hall–Kier alpha value is -2.12. The van der Waals surface area contributed by atoms with Gasteiger partial charge in [-0.3, -0.25) is 4.79 Å². The van der Waals surface area contributed by atoms with Gasteiger partial charge in [0.1, 0.15) is 5.76 Å². The maximum Gasteiger partial charge on any atom is 0.243 e. The fourth-order valence-corrected chi connectivity index (χ4v) is 4.60. The van der Waals surface area contributed by atoms with Gasteiger partial charge >= 0.3 is 0 Å². The SMILES string of the molecule is CC(C)CCN(Cc1ccco1)S(=O)(=O)c1ccc2c(c1)CCCC(=O)N2. The molecule has 0 spiro atoms. The second kappa shape index (κ2) is 8.27. The first kappa shape index (κ1) is 19.6. The lowest BCUT2D eigenvalue weighted by molar-refractivity contribution is -0.116. The van der Waals surface area contributed by atoms with E-state index in [0.717, 1.165) is 12.0 Å². The van der Waals surface area contributed by atoms with E-state index in [-0.39, 0.29) is 17.3 Å². The van der Waals surface area contributed by atoms with E-state index in [1.54, 1.807) is 36.6 Å². The Morgan fingerprint density at radius 1 is 1.22 bits per heavy atom. The first-order valence-electron chi connectivity index (χ1n) is 9.31. The van der Waals surface area contributed by atoms with E-state index in [4.69, 9.17) is 4.42 Å². The molecule has 0 fully saturated rings. The number of hydrogen-bond acceptors (Lipinski definition) is 4. The molecule has 27 heavy (non-hydrogen) atoms. The summed E-state index contributed by atoms with van der Waals surface area (Å²) in [6.07, 6.45) is 4.16. The minimum atomic E-state index is -3.67. The first-order chi connectivity index (χ1) is 12.9. The zero-order chi connectivity index (χ0) is 19.4. The first-order valence-corrected chi connectivity index (χ1v) is 10.8. The van der Waals surface area contributed by atoms with Crippen molar-refractivity contribution in [2.24, 2.45) is 5.92 Å². The highest BCUT2D eigenvalue weighted by Gasteiger charge is 2.27. The Balaban J connectivity index is 1.90. The zero-order valence-corrected chi connectivity index (χ0v) is 16.6. The van der Waals surface area contributed by atoms with Crippen molar-refractivity contribution in [2.75, 3.05) is 11.9 Å². The smallest absolute Gasteiger partial charge is 0.243 e. The summed E-state index contributed by atoms with van der Waals surface area (Å²) in [5, 5.41) is 2.84. The molecular weight excluding hydrogens is 364 g/mol. The van der Waals surface area contributed by atoms with E-state index in [0.29, 0.717) is 43.2 Å². The van der Waals surface area contributed by atoms with Gasteiger partial charge in [-0.25, -0.2) is 8.42 Å². The number of aryl methyl sites for hydroxylation is 1. The summed E-state index contributed by atoms with van der Waals surface area (Å²) in [5.41, 5.74) is 1.57. The van der Waals surface area contributed by atoms with Gasteiger partial charge in [-0.1, -0.05) is 13.8 Å². The maximum absolute atomic E-state index is 13.3. The number of anilines is 1. The molecule has 2 aromatic rings. The van der Waals surface area contributed by atoms with Crippen LogP contribution in [0.2, 0.25) is 0 Å². The third-order valence-electron chi connectivity index (χ3n) is 4.71. The van der Waals surface area contributed by atoms with Crippen LogP contribution in [-0.2, 0) is 27.8 Å². The van der Waals surface area contributed by atoms with Crippen LogP contribution in [0.4, 0.5) is 5.69 Å². The van der Waals surface area contributed by atoms with E-state index in [1.165, 1.54) is 4.31 Å². The lowest BCUT2D eigenvalue weighted by atomic mass is 10.1. The number of carbonyl (C=O) groups excluding carboxylic acids is 1. The average Bonchev–Trinajstić information content (AvgIpc) is 3.05. The van der Waals surface area contributed by atoms with Crippen molar-refractivity contribution >= 4 is 21.6 Å². The molecule has 3 rings (SSSR count). The summed E-state index contributed by atoms with van der Waals surface area (Å²) in [4.78, 5) is 12.0. The standard InChI is InChI=1S/C20H26N2O4S/c1-15(2)10-11-22(14-17-6-4-12-26-17)27(24,25)18-8-9-19-16(13-18)5-3-7-20(23)21-19/h4,6,8-9,12-13,15H,3,5,7,10-11,14H2,1-2H3,(H,21,23). The summed E-state index contributed by atoms with van der Waals surface area (Å²) < 4.78 is 33.5. The van der Waals surface area contributed by atoms with Gasteiger partial charge in [0.15, 0.2) is 0 Å². The number of rotatable bonds is 7. The molecule has 1 aliphatic rings. The fourth-order valence-electron chi connectivity index (χ4n) is 3.12. The van der Waals surface area contributed by atoms with Crippen molar-refractivity contribution in [3.8, 4) is 0 Å². The highest BCUT2D eigenvalue weighted by atomic mass is 32.2. The van der Waals surface area contributed by atoms with E-state index in [2.05, 4.69) is 19.2 Å². The van der Waals surface area contributed by atoms with Crippen molar-refractivity contribution in [1.29, 1.82) is 0 Å². The topological polar surface area (TPSA) is 79.6 Å². The molecule has 6 nitrogen and oxygen atoms in total. The Kier molecular flexibility index (Phi) is 6.01. The van der Waals surface area contributed by atoms with Gasteiger partial charge in [0.25, 0.3) is 0 Å². The quantitative estimate of drug-likeness (QED) is 0.780.